The second kappa shape index (κ2) is 7.35. The Morgan fingerprint density at radius 3 is 2.73 bits per heavy atom. The van der Waals surface area contributed by atoms with Crippen molar-refractivity contribution in [1.82, 2.24) is 0 Å². The van der Waals surface area contributed by atoms with Gasteiger partial charge in [0.2, 0.25) is 17.7 Å². The topological polar surface area (TPSA) is 78.5 Å². The summed E-state index contributed by atoms with van der Waals surface area (Å²) < 4.78 is 13.8. The molecule has 1 aliphatic rings. The van der Waals surface area contributed by atoms with E-state index in [4.69, 9.17) is 0 Å². The van der Waals surface area contributed by atoms with Crippen molar-refractivity contribution in [1.29, 1.82) is 0 Å². The Morgan fingerprint density at radius 2 is 1.96 bits per heavy atom. The van der Waals surface area contributed by atoms with Crippen molar-refractivity contribution in [2.24, 2.45) is 0 Å². The highest BCUT2D eigenvalue weighted by molar-refractivity contribution is 6.10. The van der Waals surface area contributed by atoms with Crippen molar-refractivity contribution in [3.05, 3.63) is 53.8 Å². The fourth-order valence-corrected chi connectivity index (χ4v) is 2.75. The van der Waals surface area contributed by atoms with Crippen LogP contribution in [0.2, 0.25) is 0 Å². The van der Waals surface area contributed by atoms with Gasteiger partial charge in [-0.3, -0.25) is 14.4 Å². The summed E-state index contributed by atoms with van der Waals surface area (Å²) >= 11 is 0. The van der Waals surface area contributed by atoms with Gasteiger partial charge in [0.25, 0.3) is 0 Å². The Balaban J connectivity index is 1.62. The molecule has 0 atom stereocenters. The maximum absolute atomic E-state index is 13.8. The number of fused-ring (bicyclic) bond motifs is 1. The molecule has 26 heavy (non-hydrogen) atoms. The zero-order valence-corrected chi connectivity index (χ0v) is 14.2. The van der Waals surface area contributed by atoms with Crippen LogP contribution >= 0.6 is 0 Å². The molecule has 3 rings (SSSR count). The van der Waals surface area contributed by atoms with Crippen molar-refractivity contribution < 1.29 is 18.8 Å². The molecule has 0 aromatic heterocycles. The maximum atomic E-state index is 13.8. The summed E-state index contributed by atoms with van der Waals surface area (Å²) in [5.41, 5.74) is 1.99. The molecule has 0 bridgehead atoms. The van der Waals surface area contributed by atoms with Crippen molar-refractivity contribution >= 4 is 34.8 Å². The molecular weight excluding hydrogens is 337 g/mol. The summed E-state index contributed by atoms with van der Waals surface area (Å²) in [6.45, 7) is 1.66. The van der Waals surface area contributed by atoms with E-state index >= 15 is 0 Å². The monoisotopic (exact) mass is 355 g/mol. The molecule has 6 nitrogen and oxygen atoms in total. The summed E-state index contributed by atoms with van der Waals surface area (Å²) in [5, 5.41) is 5.16. The summed E-state index contributed by atoms with van der Waals surface area (Å²) in [5.74, 6) is -1.61. The van der Waals surface area contributed by atoms with E-state index in [0.29, 0.717) is 11.4 Å². The third-order valence-electron chi connectivity index (χ3n) is 4.04. The number of anilines is 3. The SMILES string of the molecule is Cc1ccc(NC(=O)CCC(=O)N2CC(=O)Nc3ccccc32)c(F)c1. The predicted molar refractivity (Wildman–Crippen MR) is 96.4 cm³/mol. The highest BCUT2D eigenvalue weighted by atomic mass is 19.1. The number of rotatable bonds is 4. The largest absolute Gasteiger partial charge is 0.324 e. The average molecular weight is 355 g/mol. The van der Waals surface area contributed by atoms with Crippen LogP contribution < -0.4 is 15.5 Å². The number of benzene rings is 2. The molecular formula is C19H18FN3O3. The van der Waals surface area contributed by atoms with Gasteiger partial charge in [-0.2, -0.15) is 0 Å². The highest BCUT2D eigenvalue weighted by Gasteiger charge is 2.26. The molecule has 134 valence electrons. The number of nitrogens with one attached hydrogen (secondary N) is 2. The van der Waals surface area contributed by atoms with Gasteiger partial charge in [0, 0.05) is 12.8 Å². The maximum Gasteiger partial charge on any atom is 0.244 e. The molecule has 2 aromatic carbocycles. The predicted octanol–water partition coefficient (Wildman–Crippen LogP) is 2.84. The van der Waals surface area contributed by atoms with Crippen LogP contribution in [0.3, 0.4) is 0 Å². The minimum Gasteiger partial charge on any atom is -0.324 e. The van der Waals surface area contributed by atoms with Crippen molar-refractivity contribution in [2.45, 2.75) is 19.8 Å². The minimum absolute atomic E-state index is 0.0794. The highest BCUT2D eigenvalue weighted by Crippen LogP contribution is 2.29. The van der Waals surface area contributed by atoms with Crippen LogP contribution in [0, 0.1) is 12.7 Å². The van der Waals surface area contributed by atoms with Gasteiger partial charge < -0.3 is 15.5 Å². The van der Waals surface area contributed by atoms with Crippen LogP contribution in [0.1, 0.15) is 18.4 Å². The van der Waals surface area contributed by atoms with E-state index in [1.165, 1.54) is 17.0 Å². The second-order valence-electron chi connectivity index (χ2n) is 6.08. The third-order valence-corrected chi connectivity index (χ3v) is 4.04. The molecule has 3 amide bonds. The van der Waals surface area contributed by atoms with Crippen LogP contribution in [0.25, 0.3) is 0 Å². The molecule has 0 saturated heterocycles. The van der Waals surface area contributed by atoms with Gasteiger partial charge in [-0.15, -0.1) is 0 Å². The standard InChI is InChI=1S/C19H18FN3O3/c1-12-6-7-14(13(20)10-12)21-17(24)8-9-19(26)23-11-18(25)22-15-4-2-3-5-16(15)23/h2-7,10H,8-9,11H2,1H3,(H,21,24)(H,22,25). The Bertz CT molecular complexity index is 882. The first-order valence-corrected chi connectivity index (χ1v) is 8.19. The van der Waals surface area contributed by atoms with Crippen LogP contribution in [0.4, 0.5) is 21.5 Å². The fourth-order valence-electron chi connectivity index (χ4n) is 2.75. The first-order chi connectivity index (χ1) is 12.4. The summed E-state index contributed by atoms with van der Waals surface area (Å²) in [7, 11) is 0. The van der Waals surface area contributed by atoms with Gasteiger partial charge >= 0.3 is 0 Å². The minimum atomic E-state index is -0.522. The molecule has 0 aliphatic carbocycles. The first-order valence-electron chi connectivity index (χ1n) is 8.19. The zero-order chi connectivity index (χ0) is 18.7. The van der Waals surface area contributed by atoms with Gasteiger partial charge in [0.15, 0.2) is 0 Å². The number of para-hydroxylation sites is 2. The van der Waals surface area contributed by atoms with E-state index in [1.807, 2.05) is 0 Å². The Kier molecular flexibility index (Phi) is 4.97. The van der Waals surface area contributed by atoms with Gasteiger partial charge in [-0.1, -0.05) is 18.2 Å². The number of halogens is 1. The quantitative estimate of drug-likeness (QED) is 0.885. The fraction of sp³-hybridized carbons (Fsp3) is 0.211. The van der Waals surface area contributed by atoms with E-state index in [0.717, 1.165) is 5.56 Å². The van der Waals surface area contributed by atoms with Crippen LogP contribution in [0.5, 0.6) is 0 Å². The van der Waals surface area contributed by atoms with Crippen LogP contribution in [0.15, 0.2) is 42.5 Å². The van der Waals surface area contributed by atoms with Crippen LogP contribution in [-0.2, 0) is 14.4 Å². The third kappa shape index (κ3) is 3.88. The van der Waals surface area contributed by atoms with Crippen molar-refractivity contribution in [3.63, 3.8) is 0 Å². The second-order valence-corrected chi connectivity index (χ2v) is 6.08. The summed E-state index contributed by atoms with van der Waals surface area (Å²) in [4.78, 5) is 37.6. The Morgan fingerprint density at radius 1 is 1.19 bits per heavy atom. The van der Waals surface area contributed by atoms with E-state index < -0.39 is 11.7 Å². The lowest BCUT2D eigenvalue weighted by atomic mass is 10.1. The first kappa shape index (κ1) is 17.6. The Hall–Kier alpha value is -3.22. The molecule has 0 saturated carbocycles. The lowest BCUT2D eigenvalue weighted by Crippen LogP contribution is -2.42. The summed E-state index contributed by atoms with van der Waals surface area (Å²) in [6.07, 6.45) is -0.187. The molecule has 0 spiro atoms. The van der Waals surface area contributed by atoms with E-state index in [2.05, 4.69) is 10.6 Å². The molecule has 0 radical (unpaired) electrons. The lowest BCUT2D eigenvalue weighted by Gasteiger charge is -2.29. The number of amides is 3. The average Bonchev–Trinajstić information content (AvgIpc) is 2.61. The molecule has 1 heterocycles. The molecule has 0 fully saturated rings. The number of nitrogens with zero attached hydrogens (tertiary/aromatic N) is 1. The molecule has 2 N–H and O–H groups in total. The number of hydrogen-bond acceptors (Lipinski definition) is 3. The van der Waals surface area contributed by atoms with E-state index in [-0.39, 0.29) is 36.9 Å². The number of carbonyl (C=O) groups is 3. The molecule has 7 heteroatoms. The lowest BCUT2D eigenvalue weighted by molar-refractivity contribution is -0.124. The van der Waals surface area contributed by atoms with Gasteiger partial charge in [0.1, 0.15) is 12.4 Å². The van der Waals surface area contributed by atoms with Crippen molar-refractivity contribution in [3.8, 4) is 0 Å². The van der Waals surface area contributed by atoms with E-state index in [1.54, 1.807) is 37.3 Å². The van der Waals surface area contributed by atoms with Crippen molar-refractivity contribution in [2.75, 3.05) is 22.1 Å². The molecule has 0 unspecified atom stereocenters. The van der Waals surface area contributed by atoms with Gasteiger partial charge in [0.05, 0.1) is 17.1 Å². The number of carbonyl (C=O) groups excluding carboxylic acids is 3. The Labute approximate surface area is 150 Å². The van der Waals surface area contributed by atoms with Crippen LogP contribution in [-0.4, -0.2) is 24.3 Å². The van der Waals surface area contributed by atoms with E-state index in [9.17, 15) is 18.8 Å². The van der Waals surface area contributed by atoms with Gasteiger partial charge in [-0.05, 0) is 36.8 Å². The van der Waals surface area contributed by atoms with Gasteiger partial charge in [-0.25, -0.2) is 4.39 Å². The molecule has 2 aromatic rings. The number of hydrogen-bond donors (Lipinski definition) is 2. The zero-order valence-electron chi connectivity index (χ0n) is 14.2. The molecule has 1 aliphatic heterocycles. The normalized spacial score (nSPS) is 13.0. The summed E-state index contributed by atoms with van der Waals surface area (Å²) in [6, 6.07) is 11.5. The number of aryl methyl sites for hydroxylation is 1. The smallest absolute Gasteiger partial charge is 0.244 e.